The fraction of sp³-hybridized carbons (Fsp3) is 0.115. The SMILES string of the molecule is CCc1ccccc1N1C(=O)NC(=O)/C(=C/c2ccc(OCc3ccc(Cl)cc3)cc2)C1=O. The van der Waals surface area contributed by atoms with Crippen molar-refractivity contribution in [1.82, 2.24) is 5.32 Å². The zero-order chi connectivity index (χ0) is 23.4. The number of barbiturate groups is 1. The number of aryl methyl sites for hydroxylation is 1. The molecule has 1 saturated heterocycles. The summed E-state index contributed by atoms with van der Waals surface area (Å²) < 4.78 is 5.77. The lowest BCUT2D eigenvalue weighted by Crippen LogP contribution is -2.54. The van der Waals surface area contributed by atoms with Crippen molar-refractivity contribution < 1.29 is 19.1 Å². The van der Waals surface area contributed by atoms with Crippen molar-refractivity contribution in [2.24, 2.45) is 0 Å². The number of urea groups is 1. The molecule has 0 radical (unpaired) electrons. The van der Waals surface area contributed by atoms with E-state index in [0.717, 1.165) is 16.0 Å². The van der Waals surface area contributed by atoms with Gasteiger partial charge in [0.2, 0.25) is 0 Å². The lowest BCUT2D eigenvalue weighted by molar-refractivity contribution is -0.122. The molecule has 0 atom stereocenters. The number of halogens is 1. The van der Waals surface area contributed by atoms with E-state index in [1.54, 1.807) is 48.5 Å². The second-order valence-electron chi connectivity index (χ2n) is 7.42. The summed E-state index contributed by atoms with van der Waals surface area (Å²) in [7, 11) is 0. The first-order valence-electron chi connectivity index (χ1n) is 10.4. The van der Waals surface area contributed by atoms with Crippen LogP contribution in [0.5, 0.6) is 5.75 Å². The minimum atomic E-state index is -0.756. The standard InChI is InChI=1S/C26H21ClN2O4/c1-2-19-5-3-4-6-23(19)29-25(31)22(24(30)28-26(29)32)15-17-9-13-21(14-10-17)33-16-18-7-11-20(27)12-8-18/h3-15H,2,16H2,1H3,(H,28,30,32)/b22-15-. The minimum Gasteiger partial charge on any atom is -0.489 e. The smallest absolute Gasteiger partial charge is 0.335 e. The molecule has 4 rings (SSSR count). The Morgan fingerprint density at radius 3 is 2.33 bits per heavy atom. The van der Waals surface area contributed by atoms with Crippen molar-refractivity contribution in [3.63, 3.8) is 0 Å². The minimum absolute atomic E-state index is 0.115. The van der Waals surface area contributed by atoms with Gasteiger partial charge in [0.25, 0.3) is 11.8 Å². The lowest BCUT2D eigenvalue weighted by atomic mass is 10.0. The fourth-order valence-electron chi connectivity index (χ4n) is 3.48. The number of carbonyl (C=O) groups is 3. The summed E-state index contributed by atoms with van der Waals surface area (Å²) in [5, 5.41) is 2.92. The molecular weight excluding hydrogens is 440 g/mol. The maximum Gasteiger partial charge on any atom is 0.335 e. The summed E-state index contributed by atoms with van der Waals surface area (Å²) in [4.78, 5) is 39.0. The van der Waals surface area contributed by atoms with E-state index in [1.165, 1.54) is 6.08 Å². The average Bonchev–Trinajstić information content (AvgIpc) is 2.82. The number of nitrogens with zero attached hydrogens (tertiary/aromatic N) is 1. The van der Waals surface area contributed by atoms with E-state index >= 15 is 0 Å². The molecule has 1 heterocycles. The van der Waals surface area contributed by atoms with Gasteiger partial charge in [0.1, 0.15) is 17.9 Å². The van der Waals surface area contributed by atoms with Gasteiger partial charge in [-0.2, -0.15) is 0 Å². The van der Waals surface area contributed by atoms with Crippen LogP contribution in [-0.2, 0) is 22.6 Å². The summed E-state index contributed by atoms with van der Waals surface area (Å²) in [6.45, 7) is 2.32. The van der Waals surface area contributed by atoms with E-state index in [4.69, 9.17) is 16.3 Å². The van der Waals surface area contributed by atoms with E-state index in [9.17, 15) is 14.4 Å². The molecule has 1 aliphatic heterocycles. The Balaban J connectivity index is 1.53. The average molecular weight is 461 g/mol. The highest BCUT2D eigenvalue weighted by molar-refractivity contribution is 6.39. The Bertz CT molecular complexity index is 1230. The van der Waals surface area contributed by atoms with Gasteiger partial charge in [-0.3, -0.25) is 14.9 Å². The molecule has 0 saturated carbocycles. The summed E-state index contributed by atoms with van der Waals surface area (Å²) >= 11 is 5.89. The van der Waals surface area contributed by atoms with Crippen LogP contribution in [0.1, 0.15) is 23.6 Å². The van der Waals surface area contributed by atoms with Crippen molar-refractivity contribution in [3.8, 4) is 5.75 Å². The number of anilines is 1. The fourth-order valence-corrected chi connectivity index (χ4v) is 3.60. The molecule has 1 N–H and O–H groups in total. The number of benzene rings is 3. The van der Waals surface area contributed by atoms with E-state index in [-0.39, 0.29) is 5.57 Å². The number of ether oxygens (including phenoxy) is 1. The molecule has 0 aliphatic carbocycles. The zero-order valence-corrected chi connectivity index (χ0v) is 18.6. The van der Waals surface area contributed by atoms with Gasteiger partial charge in [0, 0.05) is 5.02 Å². The molecule has 0 spiro atoms. The number of hydrogen-bond donors (Lipinski definition) is 1. The molecule has 1 aliphatic rings. The number of hydrogen-bond acceptors (Lipinski definition) is 4. The topological polar surface area (TPSA) is 75.7 Å². The third kappa shape index (κ3) is 4.96. The molecular formula is C26H21ClN2O4. The number of para-hydroxylation sites is 1. The van der Waals surface area contributed by atoms with E-state index < -0.39 is 17.8 Å². The van der Waals surface area contributed by atoms with Crippen LogP contribution in [0.15, 0.2) is 78.4 Å². The first kappa shape index (κ1) is 22.3. The Hall–Kier alpha value is -3.90. The normalized spacial score (nSPS) is 15.0. The maximum atomic E-state index is 13.1. The second kappa shape index (κ2) is 9.71. The number of rotatable bonds is 6. The first-order valence-corrected chi connectivity index (χ1v) is 10.8. The molecule has 3 aromatic rings. The quantitative estimate of drug-likeness (QED) is 0.408. The van der Waals surface area contributed by atoms with Gasteiger partial charge in [-0.1, -0.05) is 61.0 Å². The van der Waals surface area contributed by atoms with Crippen LogP contribution >= 0.6 is 11.6 Å². The van der Waals surface area contributed by atoms with Crippen LogP contribution in [0, 0.1) is 0 Å². The second-order valence-corrected chi connectivity index (χ2v) is 7.86. The van der Waals surface area contributed by atoms with Gasteiger partial charge in [-0.25, -0.2) is 9.69 Å². The van der Waals surface area contributed by atoms with E-state index in [2.05, 4.69) is 5.32 Å². The van der Waals surface area contributed by atoms with Gasteiger partial charge in [-0.05, 0) is 59.5 Å². The molecule has 4 amide bonds. The first-order chi connectivity index (χ1) is 16.0. The molecule has 3 aromatic carbocycles. The van der Waals surface area contributed by atoms with Crippen LogP contribution in [0.3, 0.4) is 0 Å². The molecule has 0 aromatic heterocycles. The van der Waals surface area contributed by atoms with Crippen LogP contribution in [0.2, 0.25) is 5.02 Å². The van der Waals surface area contributed by atoms with Crippen LogP contribution in [-0.4, -0.2) is 17.8 Å². The van der Waals surface area contributed by atoms with Gasteiger partial charge in [0.15, 0.2) is 0 Å². The third-order valence-electron chi connectivity index (χ3n) is 5.22. The Kier molecular flexibility index (Phi) is 6.56. The molecule has 33 heavy (non-hydrogen) atoms. The van der Waals surface area contributed by atoms with E-state index in [1.807, 2.05) is 31.2 Å². The Morgan fingerprint density at radius 1 is 0.939 bits per heavy atom. The van der Waals surface area contributed by atoms with Crippen molar-refractivity contribution in [1.29, 1.82) is 0 Å². The maximum absolute atomic E-state index is 13.1. The number of carbonyl (C=O) groups excluding carboxylic acids is 3. The van der Waals surface area contributed by atoms with Crippen molar-refractivity contribution in [3.05, 3.63) is 100 Å². The molecule has 6 nitrogen and oxygen atoms in total. The third-order valence-corrected chi connectivity index (χ3v) is 5.48. The molecule has 0 bridgehead atoms. The molecule has 1 fully saturated rings. The summed E-state index contributed by atoms with van der Waals surface area (Å²) in [5.74, 6) is -0.744. The number of amides is 4. The van der Waals surface area contributed by atoms with Gasteiger partial charge >= 0.3 is 6.03 Å². The van der Waals surface area contributed by atoms with E-state index in [0.29, 0.717) is 35.1 Å². The monoisotopic (exact) mass is 460 g/mol. The Morgan fingerprint density at radius 2 is 1.64 bits per heavy atom. The summed E-state index contributed by atoms with van der Waals surface area (Å²) in [6, 6.07) is 20.7. The van der Waals surface area contributed by atoms with Crippen molar-refractivity contribution in [2.75, 3.05) is 4.90 Å². The van der Waals surface area contributed by atoms with Crippen LogP contribution < -0.4 is 15.0 Å². The summed E-state index contributed by atoms with van der Waals surface area (Å²) in [6.07, 6.45) is 2.10. The van der Waals surface area contributed by atoms with Crippen molar-refractivity contribution >= 4 is 41.2 Å². The van der Waals surface area contributed by atoms with Crippen LogP contribution in [0.4, 0.5) is 10.5 Å². The number of nitrogens with one attached hydrogen (secondary N) is 1. The van der Waals surface area contributed by atoms with Gasteiger partial charge in [0.05, 0.1) is 5.69 Å². The van der Waals surface area contributed by atoms with Crippen LogP contribution in [0.25, 0.3) is 6.08 Å². The predicted molar refractivity (Wildman–Crippen MR) is 127 cm³/mol. The highest BCUT2D eigenvalue weighted by atomic mass is 35.5. The molecule has 0 unspecified atom stereocenters. The molecule has 7 heteroatoms. The largest absolute Gasteiger partial charge is 0.489 e. The van der Waals surface area contributed by atoms with Gasteiger partial charge < -0.3 is 4.74 Å². The zero-order valence-electron chi connectivity index (χ0n) is 17.9. The highest BCUT2D eigenvalue weighted by Gasteiger charge is 2.37. The van der Waals surface area contributed by atoms with Crippen molar-refractivity contribution in [2.45, 2.75) is 20.0 Å². The summed E-state index contributed by atoms with van der Waals surface area (Å²) in [5.41, 5.74) is 2.79. The molecule has 166 valence electrons. The highest BCUT2D eigenvalue weighted by Crippen LogP contribution is 2.26. The predicted octanol–water partition coefficient (Wildman–Crippen LogP) is 5.15. The number of imide groups is 2. The van der Waals surface area contributed by atoms with Gasteiger partial charge in [-0.15, -0.1) is 0 Å². The lowest BCUT2D eigenvalue weighted by Gasteiger charge is -2.27. The Labute approximate surface area is 196 Å².